The highest BCUT2D eigenvalue weighted by Gasteiger charge is 2.32. The largest absolute Gasteiger partial charge is 0.347 e. The van der Waals surface area contributed by atoms with Crippen LogP contribution >= 0.6 is 10.2 Å². The fraction of sp³-hybridized carbons (Fsp3) is 0.370. The molecule has 4 heteroatoms. The van der Waals surface area contributed by atoms with Crippen molar-refractivity contribution >= 4 is 16.7 Å². The van der Waals surface area contributed by atoms with E-state index < -0.39 is 10.2 Å². The average molecular weight is 438 g/mol. The van der Waals surface area contributed by atoms with Gasteiger partial charge in [0.15, 0.2) is 0 Å². The molecule has 0 rings (SSSR count). The maximum absolute atomic E-state index is 5.84. The quantitative estimate of drug-likeness (QED) is 0.169. The summed E-state index contributed by atoms with van der Waals surface area (Å²) in [7, 11) is -1.56. The topological polar surface area (TPSA) is 13.6 Å². The Morgan fingerprint density at radius 2 is 1.74 bits per heavy atom. The van der Waals surface area contributed by atoms with E-state index in [4.69, 9.17) is 4.28 Å². The Kier molecular flexibility index (Phi) is 15.1. The van der Waals surface area contributed by atoms with E-state index in [0.717, 1.165) is 17.5 Å². The molecule has 0 saturated carbocycles. The zero-order valence-electron chi connectivity index (χ0n) is 20.7. The van der Waals surface area contributed by atoms with Gasteiger partial charge in [0.05, 0.1) is 6.92 Å². The minimum Gasteiger partial charge on any atom is -0.118 e. The Morgan fingerprint density at radius 1 is 1.06 bits per heavy atom. The summed E-state index contributed by atoms with van der Waals surface area (Å²) in [6.07, 6.45) is 25.8. The lowest BCUT2D eigenvalue weighted by molar-refractivity contribution is 0.536. The Labute approximate surface area is 194 Å². The van der Waals surface area contributed by atoms with Crippen molar-refractivity contribution in [3.8, 4) is 6.07 Å². The molecule has 0 fully saturated rings. The number of hydrogen-bond acceptors (Lipinski definition) is 1. The van der Waals surface area contributed by atoms with E-state index in [2.05, 4.69) is 108 Å². The summed E-state index contributed by atoms with van der Waals surface area (Å²) in [6, 6.07) is 2.72. The smallest absolute Gasteiger partial charge is 0.118 e. The van der Waals surface area contributed by atoms with Gasteiger partial charge >= 0.3 is 6.07 Å². The first-order valence-electron chi connectivity index (χ1n) is 10.7. The molecule has 31 heavy (non-hydrogen) atoms. The molecule has 0 aromatic rings. The van der Waals surface area contributed by atoms with Crippen LogP contribution < -0.4 is 0 Å². The predicted octanol–water partition coefficient (Wildman–Crippen LogP) is 8.64. The molecular formula is C27H40BNOS+. The van der Waals surface area contributed by atoms with Crippen LogP contribution in [0.15, 0.2) is 95.6 Å². The first-order valence-corrected chi connectivity index (χ1v) is 12.8. The molecule has 0 spiro atoms. The third kappa shape index (κ3) is 13.5. The lowest BCUT2D eigenvalue weighted by Crippen LogP contribution is -2.20. The van der Waals surface area contributed by atoms with Gasteiger partial charge in [-0.3, -0.25) is 0 Å². The van der Waals surface area contributed by atoms with Crippen LogP contribution in [0.5, 0.6) is 0 Å². The van der Waals surface area contributed by atoms with Crippen molar-refractivity contribution in [3.05, 3.63) is 101 Å². The van der Waals surface area contributed by atoms with Gasteiger partial charge in [-0.25, -0.2) is 0 Å². The van der Waals surface area contributed by atoms with Crippen LogP contribution in [0.2, 0.25) is 0 Å². The van der Waals surface area contributed by atoms with Crippen LogP contribution in [0, 0.1) is 6.07 Å². The lowest BCUT2D eigenvalue weighted by atomic mass is 9.86. The van der Waals surface area contributed by atoms with Gasteiger partial charge < -0.3 is 0 Å². The van der Waals surface area contributed by atoms with E-state index in [1.54, 1.807) is 6.92 Å². The summed E-state index contributed by atoms with van der Waals surface area (Å²) in [5.41, 5.74) is 4.57. The predicted molar refractivity (Wildman–Crippen MR) is 146 cm³/mol. The highest BCUT2D eigenvalue weighted by Crippen LogP contribution is 2.50. The first-order chi connectivity index (χ1) is 14.7. The van der Waals surface area contributed by atoms with Crippen molar-refractivity contribution < 1.29 is 4.28 Å². The summed E-state index contributed by atoms with van der Waals surface area (Å²) in [6.45, 7) is 20.8. The van der Waals surface area contributed by atoms with Gasteiger partial charge in [-0.15, -0.1) is 4.28 Å². The van der Waals surface area contributed by atoms with Gasteiger partial charge in [0.1, 0.15) is 0 Å². The van der Waals surface area contributed by atoms with Crippen LogP contribution in [0.1, 0.15) is 54.9 Å². The molecule has 0 aliphatic rings. The average Bonchev–Trinajstić information content (AvgIpc) is 2.71. The summed E-state index contributed by atoms with van der Waals surface area (Å²) in [5, 5.41) is 4.26. The molecule has 1 unspecified atom stereocenters. The molecule has 0 aliphatic heterocycles. The molecule has 1 radical (unpaired) electrons. The third-order valence-corrected chi connectivity index (χ3v) is 7.32. The van der Waals surface area contributed by atoms with Crippen molar-refractivity contribution in [2.45, 2.75) is 60.1 Å². The van der Waals surface area contributed by atoms with Gasteiger partial charge in [-0.2, -0.15) is 0 Å². The van der Waals surface area contributed by atoms with Crippen molar-refractivity contribution in [2.75, 3.05) is 6.26 Å². The maximum atomic E-state index is 5.84. The highest BCUT2D eigenvalue weighted by molar-refractivity contribution is 8.49. The van der Waals surface area contributed by atoms with Gasteiger partial charge in [-0.05, 0) is 56.1 Å². The Balaban J connectivity index is 5.55. The highest BCUT2D eigenvalue weighted by atomic mass is 32.3. The Morgan fingerprint density at radius 3 is 2.32 bits per heavy atom. The molecule has 0 aliphatic carbocycles. The monoisotopic (exact) mass is 437 g/mol. The van der Waals surface area contributed by atoms with E-state index in [9.17, 15) is 0 Å². The third-order valence-electron chi connectivity index (χ3n) is 4.33. The van der Waals surface area contributed by atoms with Crippen molar-refractivity contribution in [3.63, 3.8) is 0 Å². The maximum Gasteiger partial charge on any atom is 0.347 e. The van der Waals surface area contributed by atoms with E-state index in [1.807, 2.05) is 31.2 Å². The summed E-state index contributed by atoms with van der Waals surface area (Å²) in [5.74, 6) is 0. The summed E-state index contributed by atoms with van der Waals surface area (Å²) in [4.78, 5) is 0. The molecule has 2 nitrogen and oxygen atoms in total. The van der Waals surface area contributed by atoms with Gasteiger partial charge in [0, 0.05) is 5.25 Å². The normalized spacial score (nSPS) is 15.9. The molecule has 167 valence electrons. The van der Waals surface area contributed by atoms with Gasteiger partial charge in [-0.1, -0.05) is 104 Å². The fourth-order valence-corrected chi connectivity index (χ4v) is 3.63. The second kappa shape index (κ2) is 16.3. The summed E-state index contributed by atoms with van der Waals surface area (Å²) >= 11 is 0. The molecule has 0 amide bonds. The Hall–Kier alpha value is -2.38. The SMILES string of the molecule is C=C(/C=C\C=C/C)/C([B]S(C)(O[N+]#CC)C(C)C)=C/C=C\C/C(C)=C/C=C\C=C(C)C. The zero-order chi connectivity index (χ0) is 23.7. The number of hydrogen-bond donors (Lipinski definition) is 0. The number of nitrogens with zero attached hydrogens (tertiary/aromatic N) is 1. The van der Waals surface area contributed by atoms with Crippen molar-refractivity contribution in [1.29, 1.82) is 0 Å². The van der Waals surface area contributed by atoms with Crippen LogP contribution in [0.3, 0.4) is 0 Å². The van der Waals surface area contributed by atoms with Crippen molar-refractivity contribution in [2.24, 2.45) is 0 Å². The zero-order valence-corrected chi connectivity index (χ0v) is 21.5. The Bertz CT molecular complexity index is 840. The molecule has 0 aromatic heterocycles. The molecule has 0 saturated heterocycles. The molecule has 0 heterocycles. The summed E-state index contributed by atoms with van der Waals surface area (Å²) < 4.78 is 5.84. The van der Waals surface area contributed by atoms with Gasteiger partial charge in [0.25, 0.3) is 6.56 Å². The number of rotatable bonds is 12. The molecular weight excluding hydrogens is 397 g/mol. The lowest BCUT2D eigenvalue weighted by Gasteiger charge is -2.30. The number of allylic oxidation sites excluding steroid dienone is 15. The standard InChI is InChI=1S/C27H40BNOS/c1-10-12-13-21-26(8)27(28-31(9,24(5)6)30-29-11-2)22-17-16-20-25(7)19-15-14-18-23(3)4/h10,12-19,21-22,24H,8,20H2,1-7,9H3/q+1/b12-10-,15-14-,17-16-,21-13-,25-19+,27-22-. The molecule has 0 bridgehead atoms. The first kappa shape index (κ1) is 28.6. The van der Waals surface area contributed by atoms with Crippen LogP contribution in [0.25, 0.3) is 5.01 Å². The molecule has 0 N–H and O–H groups in total. The minimum atomic E-state index is -1.56. The molecule has 0 aromatic carbocycles. The second-order valence-corrected chi connectivity index (χ2v) is 11.1. The minimum absolute atomic E-state index is 0.307. The van der Waals surface area contributed by atoms with E-state index in [0.29, 0.717) is 5.25 Å². The fourth-order valence-electron chi connectivity index (χ4n) is 2.18. The molecule has 1 atom stereocenters. The van der Waals surface area contributed by atoms with E-state index in [1.165, 1.54) is 11.1 Å². The van der Waals surface area contributed by atoms with Crippen LogP contribution in [0.4, 0.5) is 0 Å². The van der Waals surface area contributed by atoms with Crippen molar-refractivity contribution in [1.82, 2.24) is 0 Å². The van der Waals surface area contributed by atoms with E-state index in [-0.39, 0.29) is 0 Å². The van der Waals surface area contributed by atoms with E-state index >= 15 is 0 Å². The van der Waals surface area contributed by atoms with Crippen LogP contribution in [-0.2, 0) is 4.28 Å². The van der Waals surface area contributed by atoms with Crippen LogP contribution in [-0.4, -0.2) is 18.1 Å². The van der Waals surface area contributed by atoms with Gasteiger partial charge in [0.2, 0.25) is 5.01 Å². The second-order valence-electron chi connectivity index (χ2n) is 7.83.